The van der Waals surface area contributed by atoms with Crippen molar-refractivity contribution in [2.45, 2.75) is 57.9 Å². The Morgan fingerprint density at radius 1 is 1.14 bits per heavy atom. The van der Waals surface area contributed by atoms with Gasteiger partial charge in [-0.15, -0.1) is 5.92 Å². The molecule has 1 fully saturated rings. The summed E-state index contributed by atoms with van der Waals surface area (Å²) in [6.07, 6.45) is 7.05. The summed E-state index contributed by atoms with van der Waals surface area (Å²) < 4.78 is 5.44. The SMILES string of the molecule is CCCN(C)CCCC#C[C@H]1CC[C@H](N(C)C(=O)Oc2ccc(Cl)cc2)CC1. The molecule has 1 aromatic rings. The quantitative estimate of drug-likeness (QED) is 0.447. The zero-order valence-corrected chi connectivity index (χ0v) is 18.2. The Bertz CT molecular complexity index is 657. The first-order valence-electron chi connectivity index (χ1n) is 10.4. The van der Waals surface area contributed by atoms with Crippen molar-refractivity contribution in [1.29, 1.82) is 0 Å². The predicted molar refractivity (Wildman–Crippen MR) is 116 cm³/mol. The normalized spacial score (nSPS) is 19.0. The number of amides is 1. The van der Waals surface area contributed by atoms with Gasteiger partial charge in [0, 0.05) is 30.5 Å². The minimum atomic E-state index is -0.312. The Morgan fingerprint density at radius 3 is 2.46 bits per heavy atom. The van der Waals surface area contributed by atoms with Crippen LogP contribution < -0.4 is 4.74 Å². The lowest BCUT2D eigenvalue weighted by Gasteiger charge is -2.32. The van der Waals surface area contributed by atoms with Gasteiger partial charge in [-0.25, -0.2) is 4.79 Å². The molecule has 0 radical (unpaired) electrons. The number of unbranched alkanes of at least 4 members (excludes halogenated alkanes) is 1. The zero-order valence-electron chi connectivity index (χ0n) is 17.4. The smallest absolute Gasteiger partial charge is 0.410 e. The molecule has 4 nitrogen and oxygen atoms in total. The van der Waals surface area contributed by atoms with E-state index in [4.69, 9.17) is 16.3 Å². The van der Waals surface area contributed by atoms with Crippen LogP contribution in [0.15, 0.2) is 24.3 Å². The van der Waals surface area contributed by atoms with Gasteiger partial charge in [0.2, 0.25) is 0 Å². The van der Waals surface area contributed by atoms with Crippen LogP contribution in [0.4, 0.5) is 4.79 Å². The van der Waals surface area contributed by atoms with Gasteiger partial charge in [0.1, 0.15) is 5.75 Å². The molecule has 1 aliphatic rings. The number of benzene rings is 1. The second-order valence-electron chi connectivity index (χ2n) is 7.67. The molecular formula is C23H33ClN2O2. The van der Waals surface area contributed by atoms with Crippen LogP contribution in [0.2, 0.25) is 5.02 Å². The van der Waals surface area contributed by atoms with Gasteiger partial charge in [-0.3, -0.25) is 0 Å². The van der Waals surface area contributed by atoms with E-state index < -0.39 is 0 Å². The number of hydrogen-bond acceptors (Lipinski definition) is 3. The minimum Gasteiger partial charge on any atom is -0.410 e. The molecule has 154 valence electrons. The van der Waals surface area contributed by atoms with Crippen molar-refractivity contribution in [3.8, 4) is 17.6 Å². The summed E-state index contributed by atoms with van der Waals surface area (Å²) in [7, 11) is 3.99. The van der Waals surface area contributed by atoms with Gasteiger partial charge in [-0.2, -0.15) is 0 Å². The molecule has 1 saturated carbocycles. The first-order valence-corrected chi connectivity index (χ1v) is 10.7. The summed E-state index contributed by atoms with van der Waals surface area (Å²) in [5.74, 6) is 7.79. The highest BCUT2D eigenvalue weighted by atomic mass is 35.5. The summed E-state index contributed by atoms with van der Waals surface area (Å²) in [5.41, 5.74) is 0. The third kappa shape index (κ3) is 7.73. The van der Waals surface area contributed by atoms with E-state index in [1.165, 1.54) is 6.42 Å². The first-order chi connectivity index (χ1) is 13.5. The van der Waals surface area contributed by atoms with E-state index in [0.717, 1.165) is 51.6 Å². The molecule has 0 unspecified atom stereocenters. The molecule has 1 aliphatic carbocycles. The average molecular weight is 405 g/mol. The van der Waals surface area contributed by atoms with Crippen molar-refractivity contribution < 1.29 is 9.53 Å². The molecule has 0 aliphatic heterocycles. The van der Waals surface area contributed by atoms with Crippen LogP contribution in [-0.4, -0.2) is 49.1 Å². The summed E-state index contributed by atoms with van der Waals surface area (Å²) in [6.45, 7) is 4.49. The molecule has 28 heavy (non-hydrogen) atoms. The highest BCUT2D eigenvalue weighted by molar-refractivity contribution is 6.30. The van der Waals surface area contributed by atoms with Gasteiger partial charge in [0.25, 0.3) is 0 Å². The van der Waals surface area contributed by atoms with Crippen molar-refractivity contribution >= 4 is 17.7 Å². The molecule has 0 saturated heterocycles. The van der Waals surface area contributed by atoms with Gasteiger partial charge in [-0.05, 0) is 82.9 Å². The fourth-order valence-electron chi connectivity index (χ4n) is 3.58. The second-order valence-corrected chi connectivity index (χ2v) is 8.10. The van der Waals surface area contributed by atoms with Crippen LogP contribution in [0.3, 0.4) is 0 Å². The number of halogens is 1. The number of hydrogen-bond donors (Lipinski definition) is 0. The second kappa shape index (κ2) is 12.0. The van der Waals surface area contributed by atoms with Crippen LogP contribution in [-0.2, 0) is 0 Å². The lowest BCUT2D eigenvalue weighted by Crippen LogP contribution is -2.40. The number of carbonyl (C=O) groups is 1. The summed E-state index contributed by atoms with van der Waals surface area (Å²) in [4.78, 5) is 16.5. The first kappa shape index (κ1) is 22.6. The van der Waals surface area contributed by atoms with Gasteiger partial charge in [0.15, 0.2) is 0 Å². The maximum Gasteiger partial charge on any atom is 0.415 e. The van der Waals surface area contributed by atoms with Crippen LogP contribution in [0.5, 0.6) is 5.75 Å². The Labute approximate surface area is 175 Å². The Hall–Kier alpha value is -1.70. The molecule has 1 amide bonds. The highest BCUT2D eigenvalue weighted by Crippen LogP contribution is 2.27. The third-order valence-electron chi connectivity index (χ3n) is 5.30. The van der Waals surface area contributed by atoms with Crippen LogP contribution >= 0.6 is 11.6 Å². The standard InChI is InChI=1S/C23H33ClN2O2/c1-4-17-25(2)18-7-5-6-8-19-9-13-21(14-10-19)26(3)23(27)28-22-15-11-20(24)12-16-22/h11-12,15-16,19,21H,4-5,7,9-10,13-14,17-18H2,1-3H3/t19-,21-. The molecule has 0 atom stereocenters. The molecule has 0 aromatic heterocycles. The van der Waals surface area contributed by atoms with E-state index in [2.05, 4.69) is 30.7 Å². The van der Waals surface area contributed by atoms with Crippen molar-refractivity contribution in [1.82, 2.24) is 9.80 Å². The van der Waals surface area contributed by atoms with Crippen LogP contribution in [0.25, 0.3) is 0 Å². The number of carbonyl (C=O) groups excluding carboxylic acids is 1. The van der Waals surface area contributed by atoms with Gasteiger partial charge in [-0.1, -0.05) is 24.4 Å². The van der Waals surface area contributed by atoms with E-state index in [0.29, 0.717) is 16.7 Å². The number of ether oxygens (including phenoxy) is 1. The van der Waals surface area contributed by atoms with Crippen molar-refractivity contribution in [2.75, 3.05) is 27.2 Å². The molecule has 2 rings (SSSR count). The molecule has 1 aromatic carbocycles. The monoisotopic (exact) mass is 404 g/mol. The topological polar surface area (TPSA) is 32.8 Å². The summed E-state index contributed by atoms with van der Waals surface area (Å²) >= 11 is 5.86. The van der Waals surface area contributed by atoms with E-state index in [1.54, 1.807) is 29.2 Å². The Balaban J connectivity index is 1.69. The Kier molecular flexibility index (Phi) is 9.67. The number of nitrogens with zero attached hydrogens (tertiary/aromatic N) is 2. The van der Waals surface area contributed by atoms with E-state index in [-0.39, 0.29) is 12.1 Å². The lowest BCUT2D eigenvalue weighted by molar-refractivity contribution is 0.129. The predicted octanol–water partition coefficient (Wildman–Crippen LogP) is 5.45. The lowest BCUT2D eigenvalue weighted by atomic mass is 9.86. The molecule has 0 spiro atoms. The van der Waals surface area contributed by atoms with Crippen molar-refractivity contribution in [3.63, 3.8) is 0 Å². The largest absolute Gasteiger partial charge is 0.415 e. The van der Waals surface area contributed by atoms with Crippen molar-refractivity contribution in [3.05, 3.63) is 29.3 Å². The maximum atomic E-state index is 12.4. The average Bonchev–Trinajstić information content (AvgIpc) is 2.69. The number of rotatable bonds is 7. The fourth-order valence-corrected chi connectivity index (χ4v) is 3.71. The molecule has 0 bridgehead atoms. The molecule has 0 N–H and O–H groups in total. The van der Waals surface area contributed by atoms with Gasteiger partial charge in [0.05, 0.1) is 0 Å². The third-order valence-corrected chi connectivity index (χ3v) is 5.56. The van der Waals surface area contributed by atoms with Crippen molar-refractivity contribution in [2.24, 2.45) is 5.92 Å². The van der Waals surface area contributed by atoms with Crippen LogP contribution in [0.1, 0.15) is 51.9 Å². The molecule has 0 heterocycles. The van der Waals surface area contributed by atoms with Gasteiger partial charge < -0.3 is 14.5 Å². The summed E-state index contributed by atoms with van der Waals surface area (Å²) in [5, 5.41) is 0.626. The van der Waals surface area contributed by atoms with E-state index in [9.17, 15) is 4.79 Å². The fraction of sp³-hybridized carbons (Fsp3) is 0.609. The van der Waals surface area contributed by atoms with E-state index in [1.807, 2.05) is 7.05 Å². The van der Waals surface area contributed by atoms with E-state index >= 15 is 0 Å². The Morgan fingerprint density at radius 2 is 1.82 bits per heavy atom. The highest BCUT2D eigenvalue weighted by Gasteiger charge is 2.26. The minimum absolute atomic E-state index is 0.223. The zero-order chi connectivity index (χ0) is 20.4. The molecule has 5 heteroatoms. The summed E-state index contributed by atoms with van der Waals surface area (Å²) in [6, 6.07) is 7.08. The molecular weight excluding hydrogens is 372 g/mol. The van der Waals surface area contributed by atoms with Crippen LogP contribution in [0, 0.1) is 17.8 Å². The maximum absolute atomic E-state index is 12.4. The van der Waals surface area contributed by atoms with Gasteiger partial charge >= 0.3 is 6.09 Å².